The van der Waals surface area contributed by atoms with Gasteiger partial charge in [0, 0.05) is 11.8 Å². The highest BCUT2D eigenvalue weighted by Gasteiger charge is 2.07. The van der Waals surface area contributed by atoms with Crippen LogP contribution in [0.1, 0.15) is 5.56 Å². The molecule has 98 valence electrons. The van der Waals surface area contributed by atoms with E-state index in [-0.39, 0.29) is 16.5 Å². The zero-order valence-electron chi connectivity index (χ0n) is 10.1. The predicted octanol–water partition coefficient (Wildman–Crippen LogP) is 3.94. The van der Waals surface area contributed by atoms with Crippen LogP contribution < -0.4 is 4.74 Å². The summed E-state index contributed by atoms with van der Waals surface area (Å²) in [7, 11) is 1.45. The van der Waals surface area contributed by atoms with E-state index in [4.69, 9.17) is 16.3 Å². The van der Waals surface area contributed by atoms with Gasteiger partial charge in [0.2, 0.25) is 0 Å². The van der Waals surface area contributed by atoms with E-state index in [2.05, 4.69) is 4.99 Å². The van der Waals surface area contributed by atoms with E-state index in [9.17, 15) is 9.50 Å². The Morgan fingerprint density at radius 1 is 1.26 bits per heavy atom. The number of ether oxygens (including phenoxy) is 1. The molecule has 2 rings (SSSR count). The summed E-state index contributed by atoms with van der Waals surface area (Å²) < 4.78 is 18.6. The van der Waals surface area contributed by atoms with Crippen LogP contribution in [-0.2, 0) is 0 Å². The number of nitrogens with zero attached hydrogens (tertiary/aromatic N) is 1. The van der Waals surface area contributed by atoms with Crippen molar-refractivity contribution in [1.82, 2.24) is 0 Å². The van der Waals surface area contributed by atoms with Crippen LogP contribution in [0.3, 0.4) is 0 Å². The van der Waals surface area contributed by atoms with Gasteiger partial charge in [-0.15, -0.1) is 0 Å². The molecular formula is C14H11ClFNO2. The van der Waals surface area contributed by atoms with Gasteiger partial charge in [-0.3, -0.25) is 4.99 Å². The molecule has 0 radical (unpaired) electrons. The quantitative estimate of drug-likeness (QED) is 0.865. The monoisotopic (exact) mass is 279 g/mol. The molecule has 0 bridgehead atoms. The number of methoxy groups -OCH3 is 1. The maximum atomic E-state index is 13.6. The molecule has 0 amide bonds. The van der Waals surface area contributed by atoms with Crippen LogP contribution in [-0.4, -0.2) is 18.4 Å². The number of halogens is 2. The lowest BCUT2D eigenvalue weighted by Gasteiger charge is -2.05. The smallest absolute Gasteiger partial charge is 0.167 e. The Hall–Kier alpha value is -2.07. The van der Waals surface area contributed by atoms with Crippen molar-refractivity contribution in [3.8, 4) is 11.5 Å². The van der Waals surface area contributed by atoms with E-state index in [1.807, 2.05) is 0 Å². The fraction of sp³-hybridized carbons (Fsp3) is 0.0714. The summed E-state index contributed by atoms with van der Waals surface area (Å²) in [6, 6.07) is 9.50. The second-order valence-corrected chi connectivity index (χ2v) is 4.14. The van der Waals surface area contributed by atoms with Crippen molar-refractivity contribution in [2.24, 2.45) is 4.99 Å². The van der Waals surface area contributed by atoms with Gasteiger partial charge >= 0.3 is 0 Å². The summed E-state index contributed by atoms with van der Waals surface area (Å²) in [4.78, 5) is 3.97. The third-order valence-electron chi connectivity index (χ3n) is 2.52. The lowest BCUT2D eigenvalue weighted by molar-refractivity contribution is 0.373. The first-order valence-electron chi connectivity index (χ1n) is 5.47. The van der Waals surface area contributed by atoms with Crippen molar-refractivity contribution in [1.29, 1.82) is 0 Å². The number of phenolic OH excluding ortho intramolecular Hbond substituents is 1. The number of hydrogen-bond donors (Lipinski definition) is 1. The van der Waals surface area contributed by atoms with Crippen LogP contribution in [0.15, 0.2) is 41.4 Å². The van der Waals surface area contributed by atoms with E-state index < -0.39 is 5.82 Å². The molecule has 0 aliphatic carbocycles. The predicted molar refractivity (Wildman–Crippen MR) is 73.3 cm³/mol. The van der Waals surface area contributed by atoms with Gasteiger partial charge in [0.15, 0.2) is 17.3 Å². The summed E-state index contributed by atoms with van der Waals surface area (Å²) in [5.74, 6) is -0.311. The minimum atomic E-state index is -0.595. The number of aromatic hydroxyl groups is 1. The molecule has 0 aromatic heterocycles. The molecule has 5 heteroatoms. The SMILES string of the molecule is COc1cccc(C=Nc2cccc(Cl)c2F)c1O. The van der Waals surface area contributed by atoms with Gasteiger partial charge in [-0.2, -0.15) is 0 Å². The maximum absolute atomic E-state index is 13.6. The Kier molecular flexibility index (Phi) is 4.02. The molecule has 0 unspecified atom stereocenters. The molecule has 0 aliphatic heterocycles. The molecule has 0 saturated heterocycles. The molecule has 0 heterocycles. The van der Waals surface area contributed by atoms with Crippen molar-refractivity contribution >= 4 is 23.5 Å². The largest absolute Gasteiger partial charge is 0.504 e. The number of hydrogen-bond acceptors (Lipinski definition) is 3. The first kappa shape index (κ1) is 13.4. The Morgan fingerprint density at radius 2 is 2.00 bits per heavy atom. The maximum Gasteiger partial charge on any atom is 0.167 e. The number of rotatable bonds is 3. The standard InChI is InChI=1S/C14H11ClFNO2/c1-19-12-7-2-4-9(14(12)18)8-17-11-6-3-5-10(15)13(11)16/h2-8,18H,1H3. The van der Waals surface area contributed by atoms with E-state index >= 15 is 0 Å². The number of aliphatic imine (C=N–C) groups is 1. The fourth-order valence-electron chi connectivity index (χ4n) is 1.54. The fourth-order valence-corrected chi connectivity index (χ4v) is 1.71. The topological polar surface area (TPSA) is 41.8 Å². The lowest BCUT2D eigenvalue weighted by atomic mass is 10.2. The summed E-state index contributed by atoms with van der Waals surface area (Å²) in [6.07, 6.45) is 1.35. The van der Waals surface area contributed by atoms with E-state index in [1.165, 1.54) is 25.5 Å². The van der Waals surface area contributed by atoms with Crippen molar-refractivity contribution < 1.29 is 14.2 Å². The Labute approximate surface area is 114 Å². The first-order chi connectivity index (χ1) is 9.13. The van der Waals surface area contributed by atoms with Gasteiger partial charge in [0.25, 0.3) is 0 Å². The Morgan fingerprint density at radius 3 is 2.74 bits per heavy atom. The molecular weight excluding hydrogens is 269 g/mol. The molecule has 0 fully saturated rings. The molecule has 0 spiro atoms. The third-order valence-corrected chi connectivity index (χ3v) is 2.82. The van der Waals surface area contributed by atoms with Gasteiger partial charge in [-0.1, -0.05) is 23.7 Å². The van der Waals surface area contributed by atoms with Gasteiger partial charge in [0.1, 0.15) is 5.69 Å². The lowest BCUT2D eigenvalue weighted by Crippen LogP contribution is -1.88. The summed E-state index contributed by atoms with van der Waals surface area (Å²) in [5, 5.41) is 9.86. The second kappa shape index (κ2) is 5.71. The summed E-state index contributed by atoms with van der Waals surface area (Å²) in [6.45, 7) is 0. The van der Waals surface area contributed by atoms with Gasteiger partial charge in [-0.25, -0.2) is 4.39 Å². The van der Waals surface area contributed by atoms with Crippen molar-refractivity contribution in [3.63, 3.8) is 0 Å². The molecule has 19 heavy (non-hydrogen) atoms. The van der Waals surface area contributed by atoms with Gasteiger partial charge in [-0.05, 0) is 24.3 Å². The highest BCUT2D eigenvalue weighted by atomic mass is 35.5. The minimum absolute atomic E-state index is 0.00418. The molecule has 0 saturated carbocycles. The molecule has 0 atom stereocenters. The zero-order valence-corrected chi connectivity index (χ0v) is 10.9. The third kappa shape index (κ3) is 2.85. The molecule has 2 aromatic rings. The van der Waals surface area contributed by atoms with Crippen LogP contribution in [0, 0.1) is 5.82 Å². The average molecular weight is 280 g/mol. The number of phenols is 1. The minimum Gasteiger partial charge on any atom is -0.504 e. The second-order valence-electron chi connectivity index (χ2n) is 3.73. The summed E-state index contributed by atoms with van der Waals surface area (Å²) in [5.41, 5.74) is 0.536. The van der Waals surface area contributed by atoms with Gasteiger partial charge < -0.3 is 9.84 Å². The van der Waals surface area contributed by atoms with E-state index in [1.54, 1.807) is 24.3 Å². The summed E-state index contributed by atoms with van der Waals surface area (Å²) >= 11 is 5.66. The van der Waals surface area contributed by atoms with Crippen molar-refractivity contribution in [3.05, 3.63) is 52.8 Å². The molecule has 3 nitrogen and oxygen atoms in total. The van der Waals surface area contributed by atoms with Crippen LogP contribution in [0.2, 0.25) is 5.02 Å². The Bertz CT molecular complexity index is 629. The van der Waals surface area contributed by atoms with Crippen LogP contribution in [0.4, 0.5) is 10.1 Å². The first-order valence-corrected chi connectivity index (χ1v) is 5.85. The van der Waals surface area contributed by atoms with Crippen LogP contribution in [0.5, 0.6) is 11.5 Å². The normalized spacial score (nSPS) is 10.9. The van der Waals surface area contributed by atoms with Crippen molar-refractivity contribution in [2.75, 3.05) is 7.11 Å². The molecule has 2 aromatic carbocycles. The van der Waals surface area contributed by atoms with Gasteiger partial charge in [0.05, 0.1) is 12.1 Å². The zero-order chi connectivity index (χ0) is 13.8. The van der Waals surface area contributed by atoms with E-state index in [0.717, 1.165) is 0 Å². The van der Waals surface area contributed by atoms with E-state index in [0.29, 0.717) is 11.3 Å². The molecule has 0 aliphatic rings. The highest BCUT2D eigenvalue weighted by molar-refractivity contribution is 6.31. The van der Waals surface area contributed by atoms with Crippen LogP contribution >= 0.6 is 11.6 Å². The Balaban J connectivity index is 2.35. The van der Waals surface area contributed by atoms with Crippen LogP contribution in [0.25, 0.3) is 0 Å². The molecule has 1 N–H and O–H groups in total. The number of para-hydroxylation sites is 1. The number of benzene rings is 2. The van der Waals surface area contributed by atoms with Crippen molar-refractivity contribution in [2.45, 2.75) is 0 Å². The highest BCUT2D eigenvalue weighted by Crippen LogP contribution is 2.29. The average Bonchev–Trinajstić information content (AvgIpc) is 2.42.